The lowest BCUT2D eigenvalue weighted by molar-refractivity contribution is -0.384. The molecule has 160 valence electrons. The Balaban J connectivity index is 1.64. The van der Waals surface area contributed by atoms with E-state index in [1.807, 2.05) is 0 Å². The summed E-state index contributed by atoms with van der Waals surface area (Å²) in [5.41, 5.74) is 0.647. The van der Waals surface area contributed by atoms with Crippen LogP contribution in [0.5, 0.6) is 0 Å². The van der Waals surface area contributed by atoms with Gasteiger partial charge >= 0.3 is 0 Å². The summed E-state index contributed by atoms with van der Waals surface area (Å²) in [4.78, 5) is 28.5. The summed E-state index contributed by atoms with van der Waals surface area (Å²) < 4.78 is 28.7. The predicted octanol–water partition coefficient (Wildman–Crippen LogP) is 1.57. The lowest BCUT2D eigenvalue weighted by Gasteiger charge is -2.20. The highest BCUT2D eigenvalue weighted by molar-refractivity contribution is 7.89. The van der Waals surface area contributed by atoms with E-state index in [4.69, 9.17) is 0 Å². The molecule has 1 aliphatic rings. The largest absolute Gasteiger partial charge is 0.338 e. The van der Waals surface area contributed by atoms with Gasteiger partial charge in [-0.1, -0.05) is 0 Å². The Morgan fingerprint density at radius 1 is 1.17 bits per heavy atom. The zero-order valence-corrected chi connectivity index (χ0v) is 17.6. The number of carbonyl (C=O) groups is 1. The third kappa shape index (κ3) is 4.74. The molecular weight excluding hydrogens is 410 g/mol. The molecule has 0 saturated carbocycles. The van der Waals surface area contributed by atoms with Crippen molar-refractivity contribution in [1.82, 2.24) is 18.8 Å². The summed E-state index contributed by atoms with van der Waals surface area (Å²) in [7, 11) is -1.97. The van der Waals surface area contributed by atoms with Crippen LogP contribution in [0.1, 0.15) is 17.8 Å². The third-order valence-corrected chi connectivity index (χ3v) is 6.75. The van der Waals surface area contributed by atoms with Crippen LogP contribution in [0.15, 0.2) is 41.6 Å². The maximum absolute atomic E-state index is 12.9. The lowest BCUT2D eigenvalue weighted by atomic mass is 10.2. The minimum Gasteiger partial charge on any atom is -0.338 e. The molecule has 0 aliphatic carbocycles. The zero-order valence-electron chi connectivity index (χ0n) is 16.8. The molecule has 0 radical (unpaired) electrons. The molecule has 0 atom stereocenters. The molecule has 0 N–H and O–H groups in total. The number of carbonyl (C=O) groups excluding carboxylic acids is 1. The fraction of sp³-hybridized carbons (Fsp3) is 0.368. The molecule has 1 aliphatic heterocycles. The van der Waals surface area contributed by atoms with Crippen LogP contribution < -0.4 is 0 Å². The van der Waals surface area contributed by atoms with Gasteiger partial charge in [-0.05, 0) is 37.1 Å². The van der Waals surface area contributed by atoms with E-state index in [2.05, 4.69) is 4.98 Å². The number of rotatable bonds is 5. The molecule has 11 heteroatoms. The van der Waals surface area contributed by atoms with Crippen molar-refractivity contribution in [3.63, 3.8) is 0 Å². The second-order valence-corrected chi connectivity index (χ2v) is 8.89. The van der Waals surface area contributed by atoms with Crippen LogP contribution in [0.25, 0.3) is 6.08 Å². The number of amides is 1. The van der Waals surface area contributed by atoms with Crippen LogP contribution in [-0.4, -0.2) is 64.2 Å². The monoisotopic (exact) mass is 433 g/mol. The van der Waals surface area contributed by atoms with Crippen molar-refractivity contribution in [2.24, 2.45) is 7.05 Å². The van der Waals surface area contributed by atoms with Crippen LogP contribution in [0.2, 0.25) is 0 Å². The Morgan fingerprint density at radius 3 is 2.47 bits per heavy atom. The smallest absolute Gasteiger partial charge is 0.269 e. The molecule has 0 bridgehead atoms. The highest BCUT2D eigenvalue weighted by Gasteiger charge is 2.29. The first kappa shape index (κ1) is 21.7. The quantitative estimate of drug-likeness (QED) is 0.401. The SMILES string of the molecule is Cc1nc(S(=O)(=O)N2CCCN(C(=O)/C=C/c3ccc([N+](=O)[O-])cc3)CC2)cn1C. The predicted molar refractivity (Wildman–Crippen MR) is 110 cm³/mol. The maximum Gasteiger partial charge on any atom is 0.269 e. The minimum atomic E-state index is -3.71. The maximum atomic E-state index is 12.9. The van der Waals surface area contributed by atoms with Gasteiger partial charge in [-0.25, -0.2) is 13.4 Å². The molecular formula is C19H23N5O5S. The number of benzene rings is 1. The molecule has 1 amide bonds. The van der Waals surface area contributed by atoms with E-state index in [1.54, 1.807) is 41.6 Å². The molecule has 2 heterocycles. The number of nitrogens with zero attached hydrogens (tertiary/aromatic N) is 5. The van der Waals surface area contributed by atoms with Crippen molar-refractivity contribution in [1.29, 1.82) is 0 Å². The Hall–Kier alpha value is -3.05. The van der Waals surface area contributed by atoms with Gasteiger partial charge in [0.15, 0.2) is 5.03 Å². The average molecular weight is 433 g/mol. The van der Waals surface area contributed by atoms with Crippen molar-refractivity contribution in [2.45, 2.75) is 18.4 Å². The van der Waals surface area contributed by atoms with Crippen molar-refractivity contribution < 1.29 is 18.1 Å². The first-order valence-corrected chi connectivity index (χ1v) is 10.8. The summed E-state index contributed by atoms with van der Waals surface area (Å²) in [5, 5.41) is 10.7. The van der Waals surface area contributed by atoms with Gasteiger partial charge in [-0.15, -0.1) is 0 Å². The van der Waals surface area contributed by atoms with Gasteiger partial charge in [0.05, 0.1) is 4.92 Å². The van der Waals surface area contributed by atoms with E-state index in [-0.39, 0.29) is 29.7 Å². The van der Waals surface area contributed by atoms with Gasteiger partial charge in [-0.2, -0.15) is 4.31 Å². The first-order chi connectivity index (χ1) is 14.2. The molecule has 0 spiro atoms. The first-order valence-electron chi connectivity index (χ1n) is 9.40. The number of nitro groups is 1. The summed E-state index contributed by atoms with van der Waals surface area (Å²) in [5.74, 6) is 0.373. The second kappa shape index (κ2) is 8.76. The number of non-ortho nitro benzene ring substituents is 1. The van der Waals surface area contributed by atoms with E-state index in [1.165, 1.54) is 28.7 Å². The van der Waals surface area contributed by atoms with Gasteiger partial charge in [0.2, 0.25) is 5.91 Å². The number of aromatic nitrogens is 2. The summed E-state index contributed by atoms with van der Waals surface area (Å²) >= 11 is 0. The molecule has 10 nitrogen and oxygen atoms in total. The Kier molecular flexibility index (Phi) is 6.32. The number of sulfonamides is 1. The number of aryl methyl sites for hydroxylation is 2. The fourth-order valence-electron chi connectivity index (χ4n) is 3.12. The van der Waals surface area contributed by atoms with Crippen LogP contribution in [0.3, 0.4) is 0 Å². The van der Waals surface area contributed by atoms with Gasteiger partial charge < -0.3 is 9.47 Å². The fourth-order valence-corrected chi connectivity index (χ4v) is 4.61. The second-order valence-electron chi connectivity index (χ2n) is 7.00. The minimum absolute atomic E-state index is 0.0142. The normalized spacial score (nSPS) is 16.0. The highest BCUT2D eigenvalue weighted by Crippen LogP contribution is 2.18. The lowest BCUT2D eigenvalue weighted by Crippen LogP contribution is -2.36. The van der Waals surface area contributed by atoms with Gasteiger partial charge in [0.1, 0.15) is 5.82 Å². The average Bonchev–Trinajstić information content (AvgIpc) is 2.92. The molecule has 30 heavy (non-hydrogen) atoms. The Labute approximate surface area is 174 Å². The van der Waals surface area contributed by atoms with Gasteiger partial charge in [0, 0.05) is 57.6 Å². The highest BCUT2D eigenvalue weighted by atomic mass is 32.2. The van der Waals surface area contributed by atoms with Crippen LogP contribution in [0.4, 0.5) is 5.69 Å². The summed E-state index contributed by atoms with van der Waals surface area (Å²) in [6, 6.07) is 5.87. The number of hydrogen-bond donors (Lipinski definition) is 0. The molecule has 2 aromatic rings. The van der Waals surface area contributed by atoms with Crippen molar-refractivity contribution in [3.05, 3.63) is 58.0 Å². The van der Waals surface area contributed by atoms with Crippen molar-refractivity contribution in [2.75, 3.05) is 26.2 Å². The number of nitro benzene ring substituents is 1. The van der Waals surface area contributed by atoms with E-state index >= 15 is 0 Å². The van der Waals surface area contributed by atoms with E-state index < -0.39 is 14.9 Å². The molecule has 3 rings (SSSR count). The molecule has 1 saturated heterocycles. The Morgan fingerprint density at radius 2 is 1.87 bits per heavy atom. The van der Waals surface area contributed by atoms with E-state index in [0.29, 0.717) is 30.9 Å². The van der Waals surface area contributed by atoms with E-state index in [9.17, 15) is 23.3 Å². The zero-order chi connectivity index (χ0) is 21.9. The number of hydrogen-bond acceptors (Lipinski definition) is 6. The topological polar surface area (TPSA) is 119 Å². The van der Waals surface area contributed by atoms with Crippen LogP contribution in [0, 0.1) is 17.0 Å². The standard InChI is InChI=1S/C19H23N5O5S/c1-15-20-18(14-21(15)2)30(28,29)23-11-3-10-22(12-13-23)19(25)9-6-16-4-7-17(8-5-16)24(26)27/h4-9,14H,3,10-13H2,1-2H3/b9-6+. The molecule has 1 aromatic carbocycles. The summed E-state index contributed by atoms with van der Waals surface area (Å²) in [6.45, 7) is 2.95. The van der Waals surface area contributed by atoms with Crippen molar-refractivity contribution >= 4 is 27.7 Å². The molecule has 1 fully saturated rings. The summed E-state index contributed by atoms with van der Waals surface area (Å²) in [6.07, 6.45) is 4.99. The third-order valence-electron chi connectivity index (χ3n) is 4.98. The van der Waals surface area contributed by atoms with Gasteiger partial charge in [-0.3, -0.25) is 14.9 Å². The number of imidazole rings is 1. The Bertz CT molecular complexity index is 1060. The van der Waals surface area contributed by atoms with E-state index in [0.717, 1.165) is 0 Å². The van der Waals surface area contributed by atoms with Crippen LogP contribution in [-0.2, 0) is 21.9 Å². The molecule has 0 unspecified atom stereocenters. The molecule has 1 aromatic heterocycles. The van der Waals surface area contributed by atoms with Crippen molar-refractivity contribution in [3.8, 4) is 0 Å². The van der Waals surface area contributed by atoms with Crippen LogP contribution >= 0.6 is 0 Å². The van der Waals surface area contributed by atoms with Gasteiger partial charge in [0.25, 0.3) is 15.7 Å².